The SMILES string of the molecule is CC(C)CCCC(C)C1CCC2C3CC([n+]4ccc5ccccc5c4)C4(O)CC(O)CCC4(C)C3CCC12C.Cc1ccc(S(=O)(=O)O)cc1. The number of hydrogen-bond acceptors (Lipinski definition) is 4. The summed E-state index contributed by atoms with van der Waals surface area (Å²) in [5.41, 5.74) is 0.351. The van der Waals surface area contributed by atoms with E-state index in [-0.39, 0.29) is 16.4 Å². The lowest BCUT2D eigenvalue weighted by molar-refractivity contribution is -0.746. The van der Waals surface area contributed by atoms with Crippen molar-refractivity contribution in [2.45, 2.75) is 135 Å². The largest absolute Gasteiger partial charge is 0.393 e. The zero-order chi connectivity index (χ0) is 36.1. The molecule has 1 aromatic heterocycles. The molecule has 4 saturated carbocycles. The minimum atomic E-state index is -4.02. The predicted molar refractivity (Wildman–Crippen MR) is 200 cm³/mol. The molecular formula is C43H62NO5S+. The Bertz CT molecular complexity index is 1740. The molecule has 0 amide bonds. The van der Waals surface area contributed by atoms with Crippen LogP contribution in [-0.2, 0) is 10.1 Å². The molecule has 50 heavy (non-hydrogen) atoms. The maximum atomic E-state index is 12.8. The number of aliphatic hydroxyl groups is 2. The Morgan fingerprint density at radius 3 is 2.26 bits per heavy atom. The monoisotopic (exact) mass is 704 g/mol. The molecule has 0 bridgehead atoms. The summed E-state index contributed by atoms with van der Waals surface area (Å²) in [7, 11) is -4.02. The molecule has 7 rings (SSSR count). The van der Waals surface area contributed by atoms with Gasteiger partial charge in [-0.2, -0.15) is 13.0 Å². The van der Waals surface area contributed by atoms with Crippen LogP contribution in [-0.4, -0.2) is 34.9 Å². The van der Waals surface area contributed by atoms with Crippen molar-refractivity contribution in [3.63, 3.8) is 0 Å². The van der Waals surface area contributed by atoms with Gasteiger partial charge >= 0.3 is 0 Å². The van der Waals surface area contributed by atoms with Crippen LogP contribution in [0.3, 0.4) is 0 Å². The van der Waals surface area contributed by atoms with E-state index in [0.29, 0.717) is 23.7 Å². The van der Waals surface area contributed by atoms with E-state index >= 15 is 0 Å². The van der Waals surface area contributed by atoms with E-state index in [1.54, 1.807) is 12.1 Å². The zero-order valence-electron chi connectivity index (χ0n) is 31.3. The Morgan fingerprint density at radius 2 is 1.58 bits per heavy atom. The highest BCUT2D eigenvalue weighted by molar-refractivity contribution is 7.85. The molecule has 0 radical (unpaired) electrons. The second-order valence-electron chi connectivity index (χ2n) is 17.7. The summed E-state index contributed by atoms with van der Waals surface area (Å²) in [5, 5.41) is 26.1. The zero-order valence-corrected chi connectivity index (χ0v) is 32.1. The fourth-order valence-corrected chi connectivity index (χ4v) is 12.2. The quantitative estimate of drug-likeness (QED) is 0.168. The molecule has 4 fully saturated rings. The van der Waals surface area contributed by atoms with E-state index in [9.17, 15) is 18.6 Å². The molecule has 3 N–H and O–H groups in total. The van der Waals surface area contributed by atoms with E-state index in [2.05, 4.69) is 81.9 Å². The highest BCUT2D eigenvalue weighted by atomic mass is 32.2. The van der Waals surface area contributed by atoms with Gasteiger partial charge in [0.1, 0.15) is 5.60 Å². The molecule has 0 spiro atoms. The predicted octanol–water partition coefficient (Wildman–Crippen LogP) is 9.12. The van der Waals surface area contributed by atoms with Crippen LogP contribution in [0, 0.1) is 53.3 Å². The third-order valence-electron chi connectivity index (χ3n) is 14.4. The third-order valence-corrected chi connectivity index (χ3v) is 15.3. The van der Waals surface area contributed by atoms with Gasteiger partial charge in [-0.1, -0.05) is 89.8 Å². The van der Waals surface area contributed by atoms with Gasteiger partial charge in [-0.15, -0.1) is 0 Å². The first kappa shape index (κ1) is 37.4. The summed E-state index contributed by atoms with van der Waals surface area (Å²) in [6.45, 7) is 14.2. The first-order valence-corrected chi connectivity index (χ1v) is 20.8. The first-order valence-electron chi connectivity index (χ1n) is 19.4. The maximum Gasteiger partial charge on any atom is 0.294 e. The van der Waals surface area contributed by atoms with Gasteiger partial charge in [-0.3, -0.25) is 4.55 Å². The Morgan fingerprint density at radius 1 is 0.880 bits per heavy atom. The molecule has 0 saturated heterocycles. The first-order chi connectivity index (χ1) is 23.6. The van der Waals surface area contributed by atoms with Crippen molar-refractivity contribution in [1.82, 2.24) is 0 Å². The van der Waals surface area contributed by atoms with E-state index in [0.717, 1.165) is 48.5 Å². The van der Waals surface area contributed by atoms with Crippen LogP contribution < -0.4 is 4.57 Å². The van der Waals surface area contributed by atoms with Crippen molar-refractivity contribution in [1.29, 1.82) is 0 Å². The number of aromatic nitrogens is 1. The number of rotatable bonds is 7. The number of pyridine rings is 1. The lowest BCUT2D eigenvalue weighted by Crippen LogP contribution is -2.71. The average Bonchev–Trinajstić information content (AvgIpc) is 3.42. The van der Waals surface area contributed by atoms with E-state index in [1.165, 1.54) is 67.9 Å². The smallest absolute Gasteiger partial charge is 0.294 e. The van der Waals surface area contributed by atoms with Crippen LogP contribution >= 0.6 is 0 Å². The van der Waals surface area contributed by atoms with Gasteiger partial charge in [0.25, 0.3) is 10.1 Å². The number of aryl methyl sites for hydroxylation is 1. The molecule has 10 atom stereocenters. The Balaban J connectivity index is 0.000000336. The van der Waals surface area contributed by atoms with Crippen LogP contribution in [0.25, 0.3) is 10.8 Å². The maximum absolute atomic E-state index is 12.8. The van der Waals surface area contributed by atoms with Gasteiger partial charge in [0.2, 0.25) is 0 Å². The number of hydrogen-bond donors (Lipinski definition) is 3. The number of nitrogens with zero attached hydrogens (tertiary/aromatic N) is 1. The Labute approximate surface area is 301 Å². The summed E-state index contributed by atoms with van der Waals surface area (Å²) in [6.07, 6.45) is 16.8. The normalized spacial score (nSPS) is 35.8. The van der Waals surface area contributed by atoms with Crippen LogP contribution in [0.5, 0.6) is 0 Å². The Hall–Kier alpha value is -2.32. The van der Waals surface area contributed by atoms with Gasteiger partial charge in [0.05, 0.1) is 11.0 Å². The van der Waals surface area contributed by atoms with Crippen molar-refractivity contribution < 1.29 is 27.8 Å². The van der Waals surface area contributed by atoms with Crippen LogP contribution in [0.4, 0.5) is 0 Å². The second kappa shape index (κ2) is 14.2. The second-order valence-corrected chi connectivity index (χ2v) is 19.1. The summed E-state index contributed by atoms with van der Waals surface area (Å²) in [5.74, 6) is 4.41. The van der Waals surface area contributed by atoms with Gasteiger partial charge in [0.15, 0.2) is 18.4 Å². The summed E-state index contributed by atoms with van der Waals surface area (Å²) >= 11 is 0. The van der Waals surface area contributed by atoms with Crippen molar-refractivity contribution in [2.75, 3.05) is 0 Å². The van der Waals surface area contributed by atoms with Crippen molar-refractivity contribution >= 4 is 20.9 Å². The summed E-state index contributed by atoms with van der Waals surface area (Å²) in [6, 6.07) is 16.8. The van der Waals surface area contributed by atoms with Gasteiger partial charge < -0.3 is 10.2 Å². The summed E-state index contributed by atoms with van der Waals surface area (Å²) < 4.78 is 31.9. The van der Waals surface area contributed by atoms with Crippen molar-refractivity contribution in [3.05, 3.63) is 72.6 Å². The lowest BCUT2D eigenvalue weighted by atomic mass is 9.42. The van der Waals surface area contributed by atoms with Gasteiger partial charge in [-0.05, 0) is 110 Å². The molecule has 6 nitrogen and oxygen atoms in total. The molecule has 274 valence electrons. The Kier molecular flexibility index (Phi) is 10.7. The van der Waals surface area contributed by atoms with Gasteiger partial charge in [0, 0.05) is 29.7 Å². The number of aliphatic hydroxyl groups excluding tert-OH is 1. The molecule has 1 heterocycles. The van der Waals surface area contributed by atoms with Gasteiger partial charge in [-0.25, -0.2) is 0 Å². The minimum absolute atomic E-state index is 0.00757. The van der Waals surface area contributed by atoms with Crippen molar-refractivity contribution in [3.8, 4) is 0 Å². The molecule has 3 aromatic rings. The van der Waals surface area contributed by atoms with E-state index in [1.807, 2.05) is 6.92 Å². The molecule has 4 aliphatic carbocycles. The fourth-order valence-electron chi connectivity index (χ4n) is 11.7. The minimum Gasteiger partial charge on any atom is -0.393 e. The highest BCUT2D eigenvalue weighted by Crippen LogP contribution is 2.70. The highest BCUT2D eigenvalue weighted by Gasteiger charge is 2.70. The standard InChI is InChI=1S/C36H54NO2.C7H8O3S/c1-24(2)9-8-10-25(3)30-13-14-31-29-21-33(37-20-17-26-11-6-7-12-27(26)23-37)36(39)22-28(38)15-19-35(36,5)32(29)16-18-34(30,31)4;1-6-2-4-7(5-3-6)11(8,9)10/h6-7,11-12,17,20,23-25,28-33,38-39H,8-10,13-16,18-19,21-22H2,1-5H3;2-5H,1H3,(H,8,9,10)/q+1;. The molecule has 10 unspecified atom stereocenters. The molecule has 0 aliphatic heterocycles. The van der Waals surface area contributed by atoms with Crippen LogP contribution in [0.2, 0.25) is 0 Å². The van der Waals surface area contributed by atoms with Crippen LogP contribution in [0.1, 0.15) is 117 Å². The molecule has 7 heteroatoms. The van der Waals surface area contributed by atoms with Crippen LogP contribution in [0.15, 0.2) is 71.9 Å². The number of fused-ring (bicyclic) bond motifs is 6. The molecule has 2 aromatic carbocycles. The molecular weight excluding hydrogens is 643 g/mol. The summed E-state index contributed by atoms with van der Waals surface area (Å²) in [4.78, 5) is -0.0666. The lowest BCUT2D eigenvalue weighted by Gasteiger charge is -2.64. The van der Waals surface area contributed by atoms with Crippen molar-refractivity contribution in [2.24, 2.45) is 46.3 Å². The third kappa shape index (κ3) is 6.93. The topological polar surface area (TPSA) is 98.7 Å². The van der Waals surface area contributed by atoms with E-state index in [4.69, 9.17) is 4.55 Å². The number of benzene rings is 2. The average molecular weight is 705 g/mol. The fraction of sp³-hybridized carbons (Fsp3) is 0.651. The molecule has 4 aliphatic rings. The van der Waals surface area contributed by atoms with E-state index < -0.39 is 21.8 Å².